The summed E-state index contributed by atoms with van der Waals surface area (Å²) in [5, 5.41) is 6.43. The maximum atomic E-state index is 13.6. The number of nitrogens with one attached hydrogen (secondary N) is 1. The van der Waals surface area contributed by atoms with Gasteiger partial charge in [0.1, 0.15) is 5.82 Å². The normalized spacial score (nSPS) is 15.2. The Kier molecular flexibility index (Phi) is 5.70. The highest BCUT2D eigenvalue weighted by Crippen LogP contribution is 2.27. The van der Waals surface area contributed by atoms with Gasteiger partial charge in [-0.25, -0.2) is 17.8 Å². The van der Waals surface area contributed by atoms with Crippen LogP contribution in [0.2, 0.25) is 0 Å². The van der Waals surface area contributed by atoms with Gasteiger partial charge in [0.25, 0.3) is 0 Å². The average Bonchev–Trinajstić information content (AvgIpc) is 3.42. The zero-order valence-corrected chi connectivity index (χ0v) is 17.1. The molecule has 9 heteroatoms. The number of aromatic nitrogens is 1. The Morgan fingerprint density at radius 2 is 1.83 bits per heavy atom. The number of halogens is 1. The fourth-order valence-electron chi connectivity index (χ4n) is 3.07. The minimum Gasteiger partial charge on any atom is -0.253 e. The Labute approximate surface area is 172 Å². The smallest absolute Gasteiger partial charge is 0.243 e. The number of sulfonamides is 1. The Hall–Kier alpha value is -2.62. The number of hydrogen-bond acceptors (Lipinski definition) is 6. The molecule has 1 N–H and O–H groups in total. The minimum absolute atomic E-state index is 0.297. The monoisotopic (exact) mass is 430 g/mol. The number of hydrogen-bond donors (Lipinski definition) is 1. The van der Waals surface area contributed by atoms with Crippen molar-refractivity contribution in [1.82, 2.24) is 9.29 Å². The molecule has 0 radical (unpaired) electrons. The molecule has 29 heavy (non-hydrogen) atoms. The SMILES string of the molecule is O=S(=O)(c1ccc(-c2csc(N/N=C/c3ccccc3F)n2)cc1)N1CCCC1. The van der Waals surface area contributed by atoms with Crippen LogP contribution in [0.15, 0.2) is 63.9 Å². The summed E-state index contributed by atoms with van der Waals surface area (Å²) < 4.78 is 40.3. The molecule has 1 fully saturated rings. The minimum atomic E-state index is -3.42. The molecule has 0 bridgehead atoms. The predicted octanol–water partition coefficient (Wildman–Crippen LogP) is 4.18. The highest BCUT2D eigenvalue weighted by molar-refractivity contribution is 7.89. The van der Waals surface area contributed by atoms with Gasteiger partial charge in [0.2, 0.25) is 15.2 Å². The van der Waals surface area contributed by atoms with E-state index in [9.17, 15) is 12.8 Å². The van der Waals surface area contributed by atoms with E-state index >= 15 is 0 Å². The van der Waals surface area contributed by atoms with Crippen LogP contribution < -0.4 is 5.43 Å². The number of thiazole rings is 1. The molecule has 2 heterocycles. The van der Waals surface area contributed by atoms with Crippen molar-refractivity contribution in [3.8, 4) is 11.3 Å². The summed E-state index contributed by atoms with van der Waals surface area (Å²) in [4.78, 5) is 4.74. The van der Waals surface area contributed by atoms with E-state index in [0.717, 1.165) is 18.4 Å². The molecule has 0 aliphatic carbocycles. The average molecular weight is 431 g/mol. The Balaban J connectivity index is 1.45. The van der Waals surface area contributed by atoms with Gasteiger partial charge in [-0.1, -0.05) is 30.3 Å². The lowest BCUT2D eigenvalue weighted by Crippen LogP contribution is -2.27. The lowest BCUT2D eigenvalue weighted by Gasteiger charge is -2.15. The predicted molar refractivity (Wildman–Crippen MR) is 113 cm³/mol. The second-order valence-corrected chi connectivity index (χ2v) is 9.36. The second kappa shape index (κ2) is 8.40. The topological polar surface area (TPSA) is 74.7 Å². The van der Waals surface area contributed by atoms with Crippen LogP contribution in [0.4, 0.5) is 9.52 Å². The molecular weight excluding hydrogens is 411 g/mol. The second-order valence-electron chi connectivity index (χ2n) is 6.56. The third kappa shape index (κ3) is 4.36. The maximum absolute atomic E-state index is 13.6. The third-order valence-electron chi connectivity index (χ3n) is 4.63. The summed E-state index contributed by atoms with van der Waals surface area (Å²) >= 11 is 1.36. The van der Waals surface area contributed by atoms with Gasteiger partial charge in [0.15, 0.2) is 0 Å². The summed E-state index contributed by atoms with van der Waals surface area (Å²) in [5.41, 5.74) is 4.70. The molecule has 0 amide bonds. The van der Waals surface area contributed by atoms with Crippen LogP contribution in [0.25, 0.3) is 11.3 Å². The number of nitrogens with zero attached hydrogens (tertiary/aromatic N) is 3. The van der Waals surface area contributed by atoms with Gasteiger partial charge in [-0.2, -0.15) is 9.41 Å². The van der Waals surface area contributed by atoms with E-state index < -0.39 is 10.0 Å². The standard InChI is InChI=1S/C20H19FN4O2S2/c21-18-6-2-1-5-16(18)13-22-24-20-23-19(14-28-20)15-7-9-17(10-8-15)29(26,27)25-11-3-4-12-25/h1-2,5-10,13-14H,3-4,11-12H2,(H,23,24)/b22-13+. The van der Waals surface area contributed by atoms with E-state index in [2.05, 4.69) is 15.5 Å². The highest BCUT2D eigenvalue weighted by atomic mass is 32.2. The van der Waals surface area contributed by atoms with Crippen LogP contribution in [0, 0.1) is 5.82 Å². The molecular formula is C20H19FN4O2S2. The first-order chi connectivity index (χ1) is 14.0. The van der Waals surface area contributed by atoms with Crippen LogP contribution in [-0.4, -0.2) is 37.0 Å². The molecule has 1 saturated heterocycles. The van der Waals surface area contributed by atoms with E-state index in [4.69, 9.17) is 0 Å². The molecule has 1 aliphatic heterocycles. The van der Waals surface area contributed by atoms with Gasteiger partial charge in [-0.3, -0.25) is 5.43 Å². The molecule has 3 aromatic rings. The summed E-state index contributed by atoms with van der Waals surface area (Å²) in [6, 6.07) is 13.1. The molecule has 150 valence electrons. The number of rotatable bonds is 6. The van der Waals surface area contributed by atoms with Crippen molar-refractivity contribution in [3.63, 3.8) is 0 Å². The highest BCUT2D eigenvalue weighted by Gasteiger charge is 2.26. The van der Waals surface area contributed by atoms with Crippen molar-refractivity contribution in [2.75, 3.05) is 18.5 Å². The van der Waals surface area contributed by atoms with Crippen molar-refractivity contribution >= 4 is 32.7 Å². The van der Waals surface area contributed by atoms with Crippen molar-refractivity contribution in [1.29, 1.82) is 0 Å². The zero-order valence-electron chi connectivity index (χ0n) is 15.5. The summed E-state index contributed by atoms with van der Waals surface area (Å²) in [6.07, 6.45) is 3.21. The van der Waals surface area contributed by atoms with E-state index in [1.165, 1.54) is 27.9 Å². The number of anilines is 1. The largest absolute Gasteiger partial charge is 0.253 e. The zero-order chi connectivity index (χ0) is 20.3. The van der Waals surface area contributed by atoms with Crippen LogP contribution in [0.5, 0.6) is 0 Å². The molecule has 1 aliphatic rings. The maximum Gasteiger partial charge on any atom is 0.243 e. The Morgan fingerprint density at radius 3 is 2.55 bits per heavy atom. The molecule has 1 aromatic heterocycles. The molecule has 0 unspecified atom stereocenters. The van der Waals surface area contributed by atoms with Gasteiger partial charge in [-0.15, -0.1) is 11.3 Å². The van der Waals surface area contributed by atoms with Gasteiger partial charge < -0.3 is 0 Å². The van der Waals surface area contributed by atoms with Crippen molar-refractivity contribution in [3.05, 3.63) is 65.3 Å². The van der Waals surface area contributed by atoms with E-state index in [1.54, 1.807) is 42.5 Å². The molecule has 2 aromatic carbocycles. The first-order valence-electron chi connectivity index (χ1n) is 9.14. The number of hydrazone groups is 1. The lowest BCUT2D eigenvalue weighted by atomic mass is 10.2. The first kappa shape index (κ1) is 19.7. The van der Waals surface area contributed by atoms with Gasteiger partial charge in [0.05, 0.1) is 16.8 Å². The molecule has 6 nitrogen and oxygen atoms in total. The van der Waals surface area contributed by atoms with Gasteiger partial charge in [0, 0.05) is 29.6 Å². The first-order valence-corrected chi connectivity index (χ1v) is 11.5. The van der Waals surface area contributed by atoms with Crippen molar-refractivity contribution in [2.45, 2.75) is 17.7 Å². The summed E-state index contributed by atoms with van der Waals surface area (Å²) in [7, 11) is -3.42. The Bertz CT molecular complexity index is 1120. The molecule has 4 rings (SSSR count). The Morgan fingerprint density at radius 1 is 1.10 bits per heavy atom. The molecule has 0 spiro atoms. The third-order valence-corrected chi connectivity index (χ3v) is 7.29. The molecule has 0 saturated carbocycles. The van der Waals surface area contributed by atoms with Gasteiger partial charge >= 0.3 is 0 Å². The van der Waals surface area contributed by atoms with Crippen LogP contribution >= 0.6 is 11.3 Å². The van der Waals surface area contributed by atoms with E-state index in [1.807, 2.05) is 5.38 Å². The fourth-order valence-corrected chi connectivity index (χ4v) is 5.26. The van der Waals surface area contributed by atoms with E-state index in [0.29, 0.717) is 34.4 Å². The number of benzene rings is 2. The summed E-state index contributed by atoms with van der Waals surface area (Å²) in [6.45, 7) is 1.16. The van der Waals surface area contributed by atoms with Crippen molar-refractivity contribution in [2.24, 2.45) is 5.10 Å². The molecule has 0 atom stereocenters. The van der Waals surface area contributed by atoms with Crippen molar-refractivity contribution < 1.29 is 12.8 Å². The van der Waals surface area contributed by atoms with Crippen LogP contribution in [-0.2, 0) is 10.0 Å². The fraction of sp³-hybridized carbons (Fsp3) is 0.200. The van der Waals surface area contributed by atoms with Crippen LogP contribution in [0.1, 0.15) is 18.4 Å². The van der Waals surface area contributed by atoms with Gasteiger partial charge in [-0.05, 0) is 31.0 Å². The van der Waals surface area contributed by atoms with E-state index in [-0.39, 0.29) is 5.82 Å². The quantitative estimate of drug-likeness (QED) is 0.470. The summed E-state index contributed by atoms with van der Waals surface area (Å²) in [5.74, 6) is -0.346. The van der Waals surface area contributed by atoms with Crippen LogP contribution in [0.3, 0.4) is 0 Å². The lowest BCUT2D eigenvalue weighted by molar-refractivity contribution is 0.477.